The molecule has 0 aliphatic heterocycles. The minimum absolute atomic E-state index is 0.501. The van der Waals surface area contributed by atoms with Crippen molar-refractivity contribution >= 4 is 15.7 Å². The lowest BCUT2D eigenvalue weighted by molar-refractivity contribution is 0.245. The molecule has 2 fully saturated rings. The van der Waals surface area contributed by atoms with Crippen LogP contribution < -0.4 is 0 Å². The van der Waals surface area contributed by atoms with Gasteiger partial charge in [-0.05, 0) is 18.3 Å². The molecule has 2 heteroatoms. The van der Waals surface area contributed by atoms with Gasteiger partial charge in [0.1, 0.15) is 0 Å². The van der Waals surface area contributed by atoms with Crippen molar-refractivity contribution < 1.29 is 0 Å². The van der Waals surface area contributed by atoms with Gasteiger partial charge >= 0.3 is 0 Å². The highest BCUT2D eigenvalue weighted by atomic mass is 14.3. The van der Waals surface area contributed by atoms with Crippen molar-refractivity contribution in [2.75, 3.05) is 0 Å². The minimum atomic E-state index is 0.501. The van der Waals surface area contributed by atoms with E-state index in [1.165, 1.54) is 57.8 Å². The van der Waals surface area contributed by atoms with E-state index in [1.807, 2.05) is 0 Å². The largest absolute Gasteiger partial charge is 0.0774 e. The Hall–Kier alpha value is 0.130. The third kappa shape index (κ3) is 3.57. The summed E-state index contributed by atoms with van der Waals surface area (Å²) in [5.41, 5.74) is 0. The standard InChI is InChI=1S/C13H22B2/c14-12-5-1-10(2-6-12)9-11-3-7-13(15)8-4-11/h10-13H,1-9H2. The molecular weight excluding hydrogens is 178 g/mol. The molecule has 2 aliphatic rings. The molecule has 2 saturated carbocycles. The maximum atomic E-state index is 5.93. The average molecular weight is 200 g/mol. The van der Waals surface area contributed by atoms with E-state index in [1.54, 1.807) is 0 Å². The summed E-state index contributed by atoms with van der Waals surface area (Å²) in [6.45, 7) is 0. The molecule has 2 aliphatic carbocycles. The normalized spacial score (nSPS) is 42.7. The van der Waals surface area contributed by atoms with Crippen molar-refractivity contribution in [3.8, 4) is 0 Å². The summed E-state index contributed by atoms with van der Waals surface area (Å²) >= 11 is 0. The van der Waals surface area contributed by atoms with Crippen LogP contribution in [0, 0.1) is 11.8 Å². The molecule has 0 atom stereocenters. The van der Waals surface area contributed by atoms with Crippen LogP contribution in [0.25, 0.3) is 0 Å². The van der Waals surface area contributed by atoms with E-state index in [4.69, 9.17) is 15.7 Å². The first-order valence-corrected chi connectivity index (χ1v) is 6.75. The van der Waals surface area contributed by atoms with E-state index in [0.717, 1.165) is 11.8 Å². The van der Waals surface area contributed by atoms with Crippen LogP contribution in [0.1, 0.15) is 57.8 Å². The number of hydrogen-bond acceptors (Lipinski definition) is 0. The van der Waals surface area contributed by atoms with Crippen molar-refractivity contribution in [3.05, 3.63) is 0 Å². The molecule has 0 unspecified atom stereocenters. The third-order valence-corrected chi connectivity index (χ3v) is 4.45. The lowest BCUT2D eigenvalue weighted by Gasteiger charge is -2.32. The predicted octanol–water partition coefficient (Wildman–Crippen LogP) is 3.67. The molecule has 80 valence electrons. The molecule has 0 spiro atoms. The fourth-order valence-corrected chi connectivity index (χ4v) is 3.32. The monoisotopic (exact) mass is 200 g/mol. The zero-order valence-electron chi connectivity index (χ0n) is 9.83. The maximum absolute atomic E-state index is 5.93. The second-order valence-electron chi connectivity index (χ2n) is 5.80. The van der Waals surface area contributed by atoms with E-state index >= 15 is 0 Å². The van der Waals surface area contributed by atoms with Crippen LogP contribution in [0.2, 0.25) is 11.6 Å². The van der Waals surface area contributed by atoms with E-state index in [2.05, 4.69) is 0 Å². The Morgan fingerprint density at radius 3 is 1.27 bits per heavy atom. The summed E-state index contributed by atoms with van der Waals surface area (Å²) in [5, 5.41) is 0. The highest BCUT2D eigenvalue weighted by Crippen LogP contribution is 2.39. The Balaban J connectivity index is 1.68. The van der Waals surface area contributed by atoms with Gasteiger partial charge in [-0.15, -0.1) is 0 Å². The van der Waals surface area contributed by atoms with Gasteiger partial charge in [-0.2, -0.15) is 0 Å². The van der Waals surface area contributed by atoms with Crippen molar-refractivity contribution in [1.29, 1.82) is 0 Å². The molecule has 0 nitrogen and oxygen atoms in total. The lowest BCUT2D eigenvalue weighted by Crippen LogP contribution is -2.18. The highest BCUT2D eigenvalue weighted by molar-refractivity contribution is 6.11. The molecule has 0 N–H and O–H groups in total. The number of rotatable bonds is 2. The third-order valence-electron chi connectivity index (χ3n) is 4.45. The van der Waals surface area contributed by atoms with Crippen molar-refractivity contribution in [1.82, 2.24) is 0 Å². The Morgan fingerprint density at radius 2 is 0.933 bits per heavy atom. The quantitative estimate of drug-likeness (QED) is 0.596. The second-order valence-corrected chi connectivity index (χ2v) is 5.80. The summed E-state index contributed by atoms with van der Waals surface area (Å²) in [7, 11) is 11.9. The van der Waals surface area contributed by atoms with Crippen LogP contribution in [0.15, 0.2) is 0 Å². The summed E-state index contributed by atoms with van der Waals surface area (Å²) in [6.07, 6.45) is 12.0. The van der Waals surface area contributed by atoms with Gasteiger partial charge in [-0.3, -0.25) is 0 Å². The molecule has 0 saturated heterocycles. The number of hydrogen-bond donors (Lipinski definition) is 0. The van der Waals surface area contributed by atoms with Gasteiger partial charge < -0.3 is 0 Å². The van der Waals surface area contributed by atoms with Gasteiger partial charge in [0.2, 0.25) is 0 Å². The van der Waals surface area contributed by atoms with Crippen LogP contribution in [0.3, 0.4) is 0 Å². The lowest BCUT2D eigenvalue weighted by atomic mass is 9.67. The fraction of sp³-hybridized carbons (Fsp3) is 1.00. The van der Waals surface area contributed by atoms with Gasteiger partial charge in [-0.1, -0.05) is 63.0 Å². The van der Waals surface area contributed by atoms with Gasteiger partial charge in [0.15, 0.2) is 0 Å². The van der Waals surface area contributed by atoms with Crippen LogP contribution in [0.4, 0.5) is 0 Å². The van der Waals surface area contributed by atoms with Gasteiger partial charge in [-0.25, -0.2) is 0 Å². The summed E-state index contributed by atoms with van der Waals surface area (Å²) < 4.78 is 0. The molecule has 15 heavy (non-hydrogen) atoms. The Kier molecular flexibility index (Phi) is 4.22. The smallest absolute Gasteiger partial charge is 0.0699 e. The van der Waals surface area contributed by atoms with E-state index in [9.17, 15) is 0 Å². The molecule has 4 radical (unpaired) electrons. The molecule has 0 amide bonds. The molecule has 0 aromatic carbocycles. The Labute approximate surface area is 97.4 Å². The van der Waals surface area contributed by atoms with Crippen molar-refractivity contribution in [2.45, 2.75) is 69.4 Å². The Bertz CT molecular complexity index is 157. The molecule has 0 heterocycles. The zero-order valence-corrected chi connectivity index (χ0v) is 9.83. The zero-order chi connectivity index (χ0) is 10.7. The highest BCUT2D eigenvalue weighted by Gasteiger charge is 2.24. The second kappa shape index (κ2) is 5.46. The topological polar surface area (TPSA) is 0 Å². The van der Waals surface area contributed by atoms with Crippen LogP contribution in [-0.4, -0.2) is 15.7 Å². The predicted molar refractivity (Wildman–Crippen MR) is 67.5 cm³/mol. The van der Waals surface area contributed by atoms with Crippen LogP contribution >= 0.6 is 0 Å². The van der Waals surface area contributed by atoms with Crippen LogP contribution in [-0.2, 0) is 0 Å². The molecular formula is C13H22B2. The minimum Gasteiger partial charge on any atom is -0.0774 e. The summed E-state index contributed by atoms with van der Waals surface area (Å²) in [6, 6.07) is 0. The molecule has 0 aromatic heterocycles. The summed E-state index contributed by atoms with van der Waals surface area (Å²) in [4.78, 5) is 0. The SMILES string of the molecule is [B]C1CCC(CC2CCC([B])CC2)CC1. The first-order chi connectivity index (χ1) is 7.24. The maximum Gasteiger partial charge on any atom is 0.0699 e. The fourth-order valence-electron chi connectivity index (χ4n) is 3.32. The molecule has 0 aromatic rings. The van der Waals surface area contributed by atoms with E-state index in [0.29, 0.717) is 11.6 Å². The first-order valence-electron chi connectivity index (χ1n) is 6.75. The van der Waals surface area contributed by atoms with Crippen LogP contribution in [0.5, 0.6) is 0 Å². The van der Waals surface area contributed by atoms with E-state index < -0.39 is 0 Å². The van der Waals surface area contributed by atoms with Gasteiger partial charge in [0.25, 0.3) is 0 Å². The molecule has 2 rings (SSSR count). The van der Waals surface area contributed by atoms with Crippen molar-refractivity contribution in [3.63, 3.8) is 0 Å². The van der Waals surface area contributed by atoms with Crippen molar-refractivity contribution in [2.24, 2.45) is 11.8 Å². The van der Waals surface area contributed by atoms with E-state index in [-0.39, 0.29) is 0 Å². The first kappa shape index (κ1) is 11.6. The van der Waals surface area contributed by atoms with Gasteiger partial charge in [0.05, 0.1) is 15.7 Å². The summed E-state index contributed by atoms with van der Waals surface area (Å²) in [5.74, 6) is 2.95. The average Bonchev–Trinajstić information content (AvgIpc) is 2.25. The Morgan fingerprint density at radius 1 is 0.600 bits per heavy atom. The molecule has 0 bridgehead atoms. The van der Waals surface area contributed by atoms with Gasteiger partial charge in [0, 0.05) is 0 Å².